The first-order valence-corrected chi connectivity index (χ1v) is 33.5. The predicted molar refractivity (Wildman–Crippen MR) is 374 cm³/mol. The lowest BCUT2D eigenvalue weighted by Crippen LogP contribution is -2.64. The zero-order valence-corrected chi connectivity index (χ0v) is 55.0. The summed E-state index contributed by atoms with van der Waals surface area (Å²) < 4.78 is 2.75. The number of thioether (sulfide) groups is 1. The molecule has 4 aliphatic heterocycles. The first-order chi connectivity index (χ1) is 41.5. The van der Waals surface area contributed by atoms with Gasteiger partial charge in [0.15, 0.2) is 0 Å². The van der Waals surface area contributed by atoms with Crippen molar-refractivity contribution in [2.24, 2.45) is 11.8 Å². The summed E-state index contributed by atoms with van der Waals surface area (Å²) in [5, 5.41) is 0. The van der Waals surface area contributed by atoms with Crippen molar-refractivity contribution in [3.05, 3.63) is 231 Å². The maximum Gasteiger partial charge on any atom is 0.239 e. The molecule has 6 heteroatoms. The fourth-order valence-corrected chi connectivity index (χ4v) is 17.0. The van der Waals surface area contributed by atoms with E-state index in [1.54, 1.807) is 15.5 Å². The third kappa shape index (κ3) is 9.96. The second-order valence-corrected chi connectivity index (χ2v) is 31.6. The molecule has 444 valence electrons. The molecule has 1 saturated carbocycles. The van der Waals surface area contributed by atoms with Crippen LogP contribution in [0, 0.1) is 11.8 Å². The van der Waals surface area contributed by atoms with E-state index in [9.17, 15) is 0 Å². The molecule has 87 heavy (non-hydrogen) atoms. The largest absolute Gasteiger partial charge is 0.343 e. The van der Waals surface area contributed by atoms with E-state index in [4.69, 9.17) is 0 Å². The normalized spacial score (nSPS) is 21.3. The molecule has 7 aliphatic rings. The number of rotatable bonds is 9. The topological polar surface area (TPSA) is 16.0 Å². The Kier molecular flexibility index (Phi) is 14.0. The van der Waals surface area contributed by atoms with Gasteiger partial charge in [-0.3, -0.25) is 0 Å². The third-order valence-corrected chi connectivity index (χ3v) is 21.6. The Morgan fingerprint density at radius 2 is 1.11 bits per heavy atom. The highest BCUT2D eigenvalue weighted by Gasteiger charge is 2.60. The van der Waals surface area contributed by atoms with E-state index in [0.717, 1.165) is 34.9 Å². The molecule has 14 rings (SSSR count). The second kappa shape index (κ2) is 21.2. The van der Waals surface area contributed by atoms with Gasteiger partial charge in [0, 0.05) is 63.4 Å². The zero-order valence-electron chi connectivity index (χ0n) is 54.2. The van der Waals surface area contributed by atoms with Crippen LogP contribution < -0.4 is 24.2 Å². The van der Waals surface area contributed by atoms with E-state index in [1.807, 2.05) is 0 Å². The molecule has 1 fully saturated rings. The molecule has 0 spiro atoms. The molecule has 4 heterocycles. The SMILES string of the molecule is CC(C)c1ccc(N(c2ccc(C(C)(C)C)cc2)c2cc3c4c(c2)[N+](c2ccc(C(C)(C)C)cc2-c2ccccc2)=C2C=C(N(c5ccc(C(C)(C)C)cc5)c5ccc(C(C)(C)C)cc5)C=CC2N4C2CCCC4C5=C(C6CCCC=C6S5)N3C42)cc1. The summed E-state index contributed by atoms with van der Waals surface area (Å²) in [6, 6.07) is 62.2. The van der Waals surface area contributed by atoms with Crippen molar-refractivity contribution in [3.63, 3.8) is 0 Å². The van der Waals surface area contributed by atoms with Gasteiger partial charge >= 0.3 is 0 Å². The molecule has 7 aromatic rings. The monoisotopic (exact) mass is 1160 g/mol. The Morgan fingerprint density at radius 1 is 0.552 bits per heavy atom. The molecule has 3 aliphatic carbocycles. The highest BCUT2D eigenvalue weighted by molar-refractivity contribution is 8.07. The average Bonchev–Trinajstić information content (AvgIpc) is 1.64. The van der Waals surface area contributed by atoms with Crippen molar-refractivity contribution >= 4 is 68.7 Å². The fraction of sp³-hybridized carbons (Fsp3) is 0.370. The summed E-state index contributed by atoms with van der Waals surface area (Å²) in [4.78, 5) is 14.3. The average molecular weight is 1170 g/mol. The van der Waals surface area contributed by atoms with Crippen LogP contribution in [-0.2, 0) is 21.7 Å². The summed E-state index contributed by atoms with van der Waals surface area (Å²) in [5.74, 6) is 1.34. The molecule has 7 aromatic carbocycles. The Balaban J connectivity index is 1.10. The third-order valence-electron chi connectivity index (χ3n) is 20.2. The maximum absolute atomic E-state index is 2.98. The molecule has 5 nitrogen and oxygen atoms in total. The van der Waals surface area contributed by atoms with Crippen molar-refractivity contribution < 1.29 is 0 Å². The van der Waals surface area contributed by atoms with Gasteiger partial charge in [-0.05, 0) is 171 Å². The van der Waals surface area contributed by atoms with Crippen molar-refractivity contribution in [3.8, 4) is 11.1 Å². The van der Waals surface area contributed by atoms with Gasteiger partial charge in [-0.15, -0.1) is 0 Å². The maximum atomic E-state index is 2.98. The first-order valence-electron chi connectivity index (χ1n) is 32.7. The first kappa shape index (κ1) is 57.5. The highest BCUT2D eigenvalue weighted by Crippen LogP contribution is 2.66. The van der Waals surface area contributed by atoms with E-state index < -0.39 is 0 Å². The quantitative estimate of drug-likeness (QED) is 0.134. The summed E-state index contributed by atoms with van der Waals surface area (Å²) in [6.07, 6.45) is 17.5. The molecule has 0 aromatic heterocycles. The standard InChI is InChI=1S/C81H90N5S/c1-51(2)52-27-36-58(37-28-52)83(61-42-33-56(34-43-61)80(9,10)11)63-49-71-76-72(50-63)86-74-65(77-75(86)64-23-18-19-26-73(64)87-77)24-20-25-69(74)85(76)68-46-44-62(48-70(68)84(71)67-45-35-57(81(12,13)14)47-66(67)53-21-16-15-17-22-53)82(59-38-29-54(30-39-59)78(3,4)5)60-40-31-55(32-41-60)79(6,7)8/h15-17,21-22,26-51,64-65,68-69,74H,18-20,23-25H2,1-14H3/q+1. The molecule has 5 unspecified atom stereocenters. The summed E-state index contributed by atoms with van der Waals surface area (Å²) in [6.45, 7) is 32.5. The van der Waals surface area contributed by atoms with Gasteiger partial charge in [0.2, 0.25) is 17.1 Å². The number of benzene rings is 7. The molecule has 0 radical (unpaired) electrons. The number of anilines is 7. The summed E-state index contributed by atoms with van der Waals surface area (Å²) in [5.41, 5.74) is 24.0. The molecule has 5 atom stereocenters. The van der Waals surface area contributed by atoms with Crippen molar-refractivity contribution in [2.45, 2.75) is 181 Å². The second-order valence-electron chi connectivity index (χ2n) is 30.4. The van der Waals surface area contributed by atoms with Gasteiger partial charge in [0.25, 0.3) is 0 Å². The lowest BCUT2D eigenvalue weighted by Gasteiger charge is -2.55. The van der Waals surface area contributed by atoms with E-state index in [2.05, 4.69) is 315 Å². The van der Waals surface area contributed by atoms with Crippen LogP contribution in [0.3, 0.4) is 0 Å². The fourth-order valence-electron chi connectivity index (χ4n) is 15.4. The van der Waals surface area contributed by atoms with E-state index >= 15 is 0 Å². The van der Waals surface area contributed by atoms with Crippen LogP contribution in [-0.4, -0.2) is 23.8 Å². The predicted octanol–water partition coefficient (Wildman–Crippen LogP) is 21.9. The van der Waals surface area contributed by atoms with E-state index in [-0.39, 0.29) is 27.7 Å². The lowest BCUT2D eigenvalue weighted by molar-refractivity contribution is 0.300. The van der Waals surface area contributed by atoms with Gasteiger partial charge < -0.3 is 19.6 Å². The van der Waals surface area contributed by atoms with Crippen molar-refractivity contribution in [2.75, 3.05) is 19.6 Å². The van der Waals surface area contributed by atoms with Crippen LogP contribution in [0.4, 0.5) is 51.2 Å². The Morgan fingerprint density at radius 3 is 1.69 bits per heavy atom. The van der Waals surface area contributed by atoms with Gasteiger partial charge in [-0.25, -0.2) is 0 Å². The minimum absolute atomic E-state index is 0.0110. The van der Waals surface area contributed by atoms with Crippen LogP contribution in [0.25, 0.3) is 11.1 Å². The van der Waals surface area contributed by atoms with Crippen LogP contribution >= 0.6 is 11.8 Å². The van der Waals surface area contributed by atoms with Crippen LogP contribution in [0.1, 0.15) is 169 Å². The lowest BCUT2D eigenvalue weighted by atomic mass is 9.77. The number of fused-ring (bicyclic) bond motifs is 8. The minimum atomic E-state index is -0.0741. The summed E-state index contributed by atoms with van der Waals surface area (Å²) >= 11 is 2.17. The van der Waals surface area contributed by atoms with Crippen molar-refractivity contribution in [1.82, 2.24) is 4.58 Å². The van der Waals surface area contributed by atoms with Crippen LogP contribution in [0.15, 0.2) is 203 Å². The van der Waals surface area contributed by atoms with Gasteiger partial charge in [-0.1, -0.05) is 206 Å². The summed E-state index contributed by atoms with van der Waals surface area (Å²) in [7, 11) is 0. The van der Waals surface area contributed by atoms with Crippen molar-refractivity contribution in [1.29, 1.82) is 0 Å². The van der Waals surface area contributed by atoms with Gasteiger partial charge in [0.1, 0.15) is 11.7 Å². The van der Waals surface area contributed by atoms with Crippen LogP contribution in [0.2, 0.25) is 0 Å². The van der Waals surface area contributed by atoms with E-state index in [1.165, 1.54) is 105 Å². The Bertz CT molecular complexity index is 3920. The molecule has 0 saturated heterocycles. The van der Waals surface area contributed by atoms with Gasteiger partial charge in [0.05, 0.1) is 34.7 Å². The Hall–Kier alpha value is -7.28. The highest BCUT2D eigenvalue weighted by atomic mass is 32.2. The molecule has 0 N–H and O–H groups in total. The van der Waals surface area contributed by atoms with Gasteiger partial charge in [-0.2, -0.15) is 4.58 Å². The minimum Gasteiger partial charge on any atom is -0.343 e. The molecule has 0 bridgehead atoms. The smallest absolute Gasteiger partial charge is 0.239 e. The number of hydrogen-bond donors (Lipinski definition) is 0. The van der Waals surface area contributed by atoms with E-state index in [0.29, 0.717) is 29.8 Å². The molecule has 0 amide bonds. The number of hydrogen-bond acceptors (Lipinski definition) is 5. The Labute approximate surface area is 524 Å². The molecular formula is C81H90N5S+. The number of nitrogens with zero attached hydrogens (tertiary/aromatic N) is 5. The number of allylic oxidation sites excluding steroid dienone is 3. The molecular weight excluding hydrogens is 1070 g/mol. The zero-order chi connectivity index (χ0) is 60.6. The van der Waals surface area contributed by atoms with Crippen LogP contribution in [0.5, 0.6) is 0 Å².